The fourth-order valence-corrected chi connectivity index (χ4v) is 3.48. The number of carbonyl (C=O) groups is 1. The van der Waals surface area contributed by atoms with Crippen LogP contribution < -0.4 is 14.8 Å². The van der Waals surface area contributed by atoms with E-state index < -0.39 is 27.8 Å². The Morgan fingerprint density at radius 1 is 1.20 bits per heavy atom. The quantitative estimate of drug-likeness (QED) is 0.822. The maximum atomic E-state index is 13.1. The van der Waals surface area contributed by atoms with Gasteiger partial charge in [-0.05, 0) is 55.8 Å². The zero-order chi connectivity index (χ0) is 18.6. The molecule has 0 aliphatic rings. The summed E-state index contributed by atoms with van der Waals surface area (Å²) in [6.07, 6.45) is 0. The number of benzene rings is 2. The first-order valence-electron chi connectivity index (χ1n) is 7.46. The van der Waals surface area contributed by atoms with Crippen molar-refractivity contribution in [2.45, 2.75) is 24.8 Å². The fraction of sp³-hybridized carbons (Fsp3) is 0.235. The lowest BCUT2D eigenvalue weighted by atomic mass is 10.2. The van der Waals surface area contributed by atoms with Crippen LogP contribution in [-0.4, -0.2) is 27.5 Å². The average molecular weight is 366 g/mol. The molecule has 2 N–H and O–H groups in total. The smallest absolute Gasteiger partial charge is 0.242 e. The first-order chi connectivity index (χ1) is 11.7. The van der Waals surface area contributed by atoms with Gasteiger partial charge in [-0.2, -0.15) is 4.72 Å². The van der Waals surface area contributed by atoms with Crippen molar-refractivity contribution in [3.8, 4) is 5.75 Å². The van der Waals surface area contributed by atoms with Crippen molar-refractivity contribution in [1.29, 1.82) is 0 Å². The van der Waals surface area contributed by atoms with Crippen LogP contribution >= 0.6 is 0 Å². The summed E-state index contributed by atoms with van der Waals surface area (Å²) >= 11 is 0. The Morgan fingerprint density at radius 2 is 1.92 bits per heavy atom. The van der Waals surface area contributed by atoms with Gasteiger partial charge in [-0.15, -0.1) is 0 Å². The molecule has 0 unspecified atom stereocenters. The van der Waals surface area contributed by atoms with Crippen LogP contribution in [0.3, 0.4) is 0 Å². The topological polar surface area (TPSA) is 84.5 Å². The molecule has 8 heteroatoms. The molecule has 2 aromatic carbocycles. The molecule has 6 nitrogen and oxygen atoms in total. The van der Waals surface area contributed by atoms with Gasteiger partial charge in [0.1, 0.15) is 11.6 Å². The van der Waals surface area contributed by atoms with Crippen molar-refractivity contribution in [2.75, 3.05) is 12.4 Å². The van der Waals surface area contributed by atoms with E-state index in [1.165, 1.54) is 44.4 Å². The van der Waals surface area contributed by atoms with E-state index >= 15 is 0 Å². The minimum atomic E-state index is -3.89. The summed E-state index contributed by atoms with van der Waals surface area (Å²) in [4.78, 5) is 12.1. The summed E-state index contributed by atoms with van der Waals surface area (Å²) in [6, 6.07) is 8.69. The highest BCUT2D eigenvalue weighted by atomic mass is 32.2. The Balaban J connectivity index is 2.11. The number of ether oxygens (including phenoxy) is 1. The van der Waals surface area contributed by atoms with Crippen molar-refractivity contribution >= 4 is 21.6 Å². The monoisotopic (exact) mass is 366 g/mol. The van der Waals surface area contributed by atoms with Crippen LogP contribution in [0.4, 0.5) is 10.1 Å². The summed E-state index contributed by atoms with van der Waals surface area (Å²) < 4.78 is 45.4. The van der Waals surface area contributed by atoms with E-state index in [0.29, 0.717) is 11.3 Å². The second kappa shape index (κ2) is 7.62. The second-order valence-electron chi connectivity index (χ2n) is 5.47. The molecule has 0 fully saturated rings. The van der Waals surface area contributed by atoms with Crippen molar-refractivity contribution < 1.29 is 22.3 Å². The van der Waals surface area contributed by atoms with Gasteiger partial charge in [-0.1, -0.05) is 6.07 Å². The average Bonchev–Trinajstić information content (AvgIpc) is 2.54. The highest BCUT2D eigenvalue weighted by molar-refractivity contribution is 7.89. The molecule has 0 bridgehead atoms. The first-order valence-corrected chi connectivity index (χ1v) is 8.94. The third-order valence-corrected chi connectivity index (χ3v) is 5.03. The predicted octanol–water partition coefficient (Wildman–Crippen LogP) is 2.45. The van der Waals surface area contributed by atoms with E-state index in [4.69, 9.17) is 4.74 Å². The molecule has 25 heavy (non-hydrogen) atoms. The number of nitrogens with one attached hydrogen (secondary N) is 2. The molecular formula is C17H19FN2O4S. The van der Waals surface area contributed by atoms with Gasteiger partial charge in [0.15, 0.2) is 0 Å². The molecule has 0 heterocycles. The highest BCUT2D eigenvalue weighted by Gasteiger charge is 2.22. The zero-order valence-electron chi connectivity index (χ0n) is 14.0. The van der Waals surface area contributed by atoms with E-state index in [-0.39, 0.29) is 10.6 Å². The van der Waals surface area contributed by atoms with Gasteiger partial charge in [-0.25, -0.2) is 12.8 Å². The van der Waals surface area contributed by atoms with E-state index in [9.17, 15) is 17.6 Å². The predicted molar refractivity (Wildman–Crippen MR) is 92.5 cm³/mol. The second-order valence-corrected chi connectivity index (χ2v) is 7.19. The summed E-state index contributed by atoms with van der Waals surface area (Å²) in [5, 5.41) is 2.46. The largest absolute Gasteiger partial charge is 0.496 e. The van der Waals surface area contributed by atoms with E-state index in [1.807, 2.05) is 0 Å². The molecule has 0 spiro atoms. The normalized spacial score (nSPS) is 12.5. The molecule has 2 aromatic rings. The summed E-state index contributed by atoms with van der Waals surface area (Å²) in [5.74, 6) is -0.532. The van der Waals surface area contributed by atoms with Gasteiger partial charge in [0.25, 0.3) is 0 Å². The van der Waals surface area contributed by atoms with Crippen molar-refractivity contribution in [3.05, 3.63) is 53.8 Å². The summed E-state index contributed by atoms with van der Waals surface area (Å²) in [7, 11) is -2.40. The number of anilines is 1. The van der Waals surface area contributed by atoms with Crippen LogP contribution in [0.15, 0.2) is 47.4 Å². The lowest BCUT2D eigenvalue weighted by molar-refractivity contribution is -0.117. The summed E-state index contributed by atoms with van der Waals surface area (Å²) in [6.45, 7) is 3.13. The van der Waals surface area contributed by atoms with Crippen LogP contribution in [0, 0.1) is 12.7 Å². The number of rotatable bonds is 6. The van der Waals surface area contributed by atoms with Gasteiger partial charge < -0.3 is 10.1 Å². The lowest BCUT2D eigenvalue weighted by Gasteiger charge is -2.15. The zero-order valence-corrected chi connectivity index (χ0v) is 14.9. The number of aryl methyl sites for hydroxylation is 1. The molecule has 1 atom stereocenters. The van der Waals surface area contributed by atoms with E-state index in [1.54, 1.807) is 13.0 Å². The molecule has 0 aliphatic carbocycles. The van der Waals surface area contributed by atoms with Gasteiger partial charge in [-0.3, -0.25) is 4.79 Å². The Labute approximate surface area is 146 Å². The lowest BCUT2D eigenvalue weighted by Crippen LogP contribution is -2.41. The van der Waals surface area contributed by atoms with Crippen molar-refractivity contribution in [1.82, 2.24) is 4.72 Å². The molecular weight excluding hydrogens is 347 g/mol. The number of methoxy groups -OCH3 is 1. The van der Waals surface area contributed by atoms with Crippen LogP contribution in [0.5, 0.6) is 5.75 Å². The number of carbonyl (C=O) groups excluding carboxylic acids is 1. The summed E-state index contributed by atoms with van der Waals surface area (Å²) in [5.41, 5.74) is 0.901. The molecule has 0 aliphatic heterocycles. The van der Waals surface area contributed by atoms with E-state index in [0.717, 1.165) is 6.07 Å². The number of sulfonamides is 1. The fourth-order valence-electron chi connectivity index (χ4n) is 2.19. The maximum absolute atomic E-state index is 13.1. The van der Waals surface area contributed by atoms with Crippen LogP contribution in [-0.2, 0) is 14.8 Å². The number of halogens is 1. The van der Waals surface area contributed by atoms with Gasteiger partial charge >= 0.3 is 0 Å². The molecule has 2 rings (SSSR count). The number of hydrogen-bond acceptors (Lipinski definition) is 4. The standard InChI is InChI=1S/C17H19FN2O4S/c1-11-9-15(7-8-16(11)24-3)25(22,23)20-12(2)17(21)19-14-6-4-5-13(18)10-14/h4-10,12,20H,1-3H3,(H,19,21)/t12-/m1/s1. The van der Waals surface area contributed by atoms with Crippen LogP contribution in [0.1, 0.15) is 12.5 Å². The van der Waals surface area contributed by atoms with Crippen LogP contribution in [0.25, 0.3) is 0 Å². The number of hydrogen-bond donors (Lipinski definition) is 2. The number of amides is 1. The Bertz CT molecular complexity index is 884. The van der Waals surface area contributed by atoms with Gasteiger partial charge in [0, 0.05) is 5.69 Å². The third-order valence-electron chi connectivity index (χ3n) is 3.49. The molecule has 1 amide bonds. The minimum Gasteiger partial charge on any atom is -0.496 e. The SMILES string of the molecule is COc1ccc(S(=O)(=O)N[C@H](C)C(=O)Nc2cccc(F)c2)cc1C. The maximum Gasteiger partial charge on any atom is 0.242 e. The Kier molecular flexibility index (Phi) is 5.76. The van der Waals surface area contributed by atoms with Crippen molar-refractivity contribution in [2.24, 2.45) is 0 Å². The molecule has 0 radical (unpaired) electrons. The molecule has 0 saturated heterocycles. The van der Waals surface area contributed by atoms with Gasteiger partial charge in [0.05, 0.1) is 18.0 Å². The van der Waals surface area contributed by atoms with E-state index in [2.05, 4.69) is 10.0 Å². The Morgan fingerprint density at radius 3 is 2.52 bits per heavy atom. The molecule has 134 valence electrons. The molecule has 0 aromatic heterocycles. The van der Waals surface area contributed by atoms with Crippen molar-refractivity contribution in [3.63, 3.8) is 0 Å². The van der Waals surface area contributed by atoms with Gasteiger partial charge in [0.2, 0.25) is 15.9 Å². The van der Waals surface area contributed by atoms with Crippen LogP contribution in [0.2, 0.25) is 0 Å². The minimum absolute atomic E-state index is 0.0243. The Hall–Kier alpha value is -2.45. The third kappa shape index (κ3) is 4.77. The molecule has 0 saturated carbocycles. The highest BCUT2D eigenvalue weighted by Crippen LogP contribution is 2.21. The first kappa shape index (κ1) is 18.9.